The van der Waals surface area contributed by atoms with Gasteiger partial charge in [-0.3, -0.25) is 0 Å². The van der Waals surface area contributed by atoms with Gasteiger partial charge in [-0.2, -0.15) is 237 Å². The van der Waals surface area contributed by atoms with Gasteiger partial charge in [-0.15, -0.1) is 0 Å². The normalized spacial score (nSPS) is 15.3. The molecule has 0 saturated carbocycles. The van der Waals surface area contributed by atoms with E-state index in [1.165, 1.54) is 0 Å². The van der Waals surface area contributed by atoms with Gasteiger partial charge in [0.1, 0.15) is 0 Å². The molecule has 0 aliphatic heterocycles. The SMILES string of the molecule is OC(C(F)(F)F)(C(F)(F)F)C(F)(F)F.OC(C(F)(F)F)(C(F)(F)F)C(F)(F)F.OC(C(F)(F)F)(C(F)(F)F)C(F)(F)F.OC(C(F)(F)F)(C(F)(F)F)C(F)(F)F.OC(C(F)(F)F)(C(F)(F)F)C(F)(F)F.OC(C(F)(F)F)(C(F)(F)F)C(F)(F)F.[Zn].[Zn].[Zn]. The molecule has 0 unspecified atom stereocenters. The van der Waals surface area contributed by atoms with Crippen LogP contribution in [0.3, 0.4) is 0 Å². The summed E-state index contributed by atoms with van der Waals surface area (Å²) >= 11 is 0. The Morgan fingerprint density at radius 2 is 0.115 bits per heavy atom. The minimum atomic E-state index is -6.87. The molecule has 522 valence electrons. The van der Waals surface area contributed by atoms with Gasteiger partial charge in [0.25, 0.3) is 0 Å². The Labute approximate surface area is 471 Å². The van der Waals surface area contributed by atoms with Crippen LogP contribution in [0.2, 0.25) is 0 Å². The Morgan fingerprint density at radius 3 is 0.115 bits per heavy atom. The van der Waals surface area contributed by atoms with Crippen LogP contribution in [0.1, 0.15) is 0 Å². The topological polar surface area (TPSA) is 121 Å². The summed E-state index contributed by atoms with van der Waals surface area (Å²) in [5.41, 5.74) is -40.1. The van der Waals surface area contributed by atoms with E-state index in [-0.39, 0.29) is 58.4 Å². The maximum atomic E-state index is 11.4. The van der Waals surface area contributed by atoms with E-state index in [1.807, 2.05) is 0 Å². The quantitative estimate of drug-likeness (QED) is 0.106. The van der Waals surface area contributed by atoms with Crippen LogP contribution < -0.4 is 0 Å². The van der Waals surface area contributed by atoms with Crippen LogP contribution in [0.25, 0.3) is 0 Å². The predicted molar refractivity (Wildman–Crippen MR) is 139 cm³/mol. The molecule has 0 atom stereocenters. The molecule has 0 rings (SSSR count). The minimum absolute atomic E-state index is 0. The van der Waals surface area contributed by atoms with Crippen LogP contribution in [0.15, 0.2) is 0 Å². The number of rotatable bonds is 0. The van der Waals surface area contributed by atoms with Gasteiger partial charge in [-0.25, -0.2) is 0 Å². The molecular formula is C24H6F54O6Zn3. The van der Waals surface area contributed by atoms with Crippen LogP contribution in [0, 0.1) is 0 Å². The van der Waals surface area contributed by atoms with E-state index in [0.29, 0.717) is 0 Å². The first kappa shape index (κ1) is 104. The predicted octanol–water partition coefficient (Wildman–Crippen LogP) is 14.4. The maximum absolute atomic E-state index is 11.4. The second kappa shape index (κ2) is 28.6. The average Bonchev–Trinajstić information content (AvgIpc) is 3.09. The van der Waals surface area contributed by atoms with E-state index in [1.54, 1.807) is 0 Å². The molecule has 0 spiro atoms. The van der Waals surface area contributed by atoms with Crippen molar-refractivity contribution in [2.24, 2.45) is 0 Å². The van der Waals surface area contributed by atoms with E-state index in [2.05, 4.69) is 0 Å². The molecule has 0 aromatic heterocycles. The Hall–Kier alpha value is -2.15. The molecule has 63 heteroatoms. The number of aliphatic hydroxyl groups is 6. The maximum Gasteiger partial charge on any atom is 0.435 e. The summed E-state index contributed by atoms with van der Waals surface area (Å²) in [5.74, 6) is 0. The number of hydrogen-bond acceptors (Lipinski definition) is 6. The van der Waals surface area contributed by atoms with Crippen LogP contribution in [0.5, 0.6) is 0 Å². The molecule has 0 amide bonds. The molecule has 0 bridgehead atoms. The number of alkyl halides is 54. The van der Waals surface area contributed by atoms with E-state index in [4.69, 9.17) is 30.6 Å². The van der Waals surface area contributed by atoms with E-state index < -0.39 is 145 Å². The summed E-state index contributed by atoms with van der Waals surface area (Å²) < 4.78 is 616. The Bertz CT molecular complexity index is 1410. The van der Waals surface area contributed by atoms with Crippen molar-refractivity contribution in [2.75, 3.05) is 0 Å². The molecule has 0 fully saturated rings. The molecular weight excluding hydrogens is 1610 g/mol. The standard InChI is InChI=1S/6C4HF9O.3Zn/c6*5-2(6,7)1(14,3(8,9)10)4(11,12)13;;;/h6*14H;;;. The van der Waals surface area contributed by atoms with E-state index in [0.717, 1.165) is 0 Å². The van der Waals surface area contributed by atoms with Crippen molar-refractivity contribution in [3.63, 3.8) is 0 Å². The third-order valence-corrected chi connectivity index (χ3v) is 7.38. The van der Waals surface area contributed by atoms with Gasteiger partial charge in [0.15, 0.2) is 0 Å². The Kier molecular flexibility index (Phi) is 34.1. The first-order chi connectivity index (χ1) is 34.5. The molecule has 87 heavy (non-hydrogen) atoms. The second-order valence-electron chi connectivity index (χ2n) is 13.2. The van der Waals surface area contributed by atoms with Gasteiger partial charge in [-0.1, -0.05) is 0 Å². The van der Waals surface area contributed by atoms with Crippen molar-refractivity contribution in [2.45, 2.75) is 145 Å². The number of hydrogen-bond donors (Lipinski definition) is 6. The molecule has 6 nitrogen and oxygen atoms in total. The monoisotopic (exact) mass is 1610 g/mol. The van der Waals surface area contributed by atoms with Crippen molar-refractivity contribution in [3.8, 4) is 0 Å². The first-order valence-corrected chi connectivity index (χ1v) is 16.0. The Balaban J connectivity index is -0.000000119. The molecule has 0 aliphatic rings. The summed E-state index contributed by atoms with van der Waals surface area (Å²) in [7, 11) is 0. The molecule has 0 aromatic rings. The third-order valence-electron chi connectivity index (χ3n) is 7.38. The van der Waals surface area contributed by atoms with Crippen LogP contribution in [-0.4, -0.2) is 175 Å². The molecule has 0 aromatic carbocycles. The van der Waals surface area contributed by atoms with Gasteiger partial charge < -0.3 is 30.6 Å². The summed E-state index contributed by atoms with van der Waals surface area (Å²) in [5, 5.41) is 45.9. The van der Waals surface area contributed by atoms with Gasteiger partial charge in [0.2, 0.25) is 0 Å². The fraction of sp³-hybridized carbons (Fsp3) is 1.00. The smallest absolute Gasteiger partial charge is 0.367 e. The molecule has 0 heterocycles. The van der Waals surface area contributed by atoms with Gasteiger partial charge in [0.05, 0.1) is 0 Å². The second-order valence-corrected chi connectivity index (χ2v) is 13.2. The van der Waals surface area contributed by atoms with Crippen molar-refractivity contribution in [3.05, 3.63) is 0 Å². The van der Waals surface area contributed by atoms with Crippen molar-refractivity contribution in [1.82, 2.24) is 0 Å². The fourth-order valence-corrected chi connectivity index (χ4v) is 2.89. The largest absolute Gasteiger partial charge is 0.435 e. The fourth-order valence-electron chi connectivity index (χ4n) is 2.89. The molecule has 0 radical (unpaired) electrons. The van der Waals surface area contributed by atoms with Crippen molar-refractivity contribution < 1.29 is 326 Å². The Morgan fingerprint density at radius 1 is 0.0920 bits per heavy atom. The van der Waals surface area contributed by atoms with E-state index >= 15 is 0 Å². The third kappa shape index (κ3) is 22.0. The molecule has 6 N–H and O–H groups in total. The van der Waals surface area contributed by atoms with Gasteiger partial charge in [0, 0.05) is 58.4 Å². The summed E-state index contributed by atoms with van der Waals surface area (Å²) in [6.07, 6.45) is -124. The zero-order chi connectivity index (χ0) is 72.0. The summed E-state index contributed by atoms with van der Waals surface area (Å²) in [6.45, 7) is 0. The van der Waals surface area contributed by atoms with Crippen LogP contribution in [-0.2, 0) is 58.4 Å². The van der Waals surface area contributed by atoms with Crippen molar-refractivity contribution >= 4 is 0 Å². The zero-order valence-electron chi connectivity index (χ0n) is 37.2. The van der Waals surface area contributed by atoms with Crippen LogP contribution in [0.4, 0.5) is 237 Å². The van der Waals surface area contributed by atoms with Gasteiger partial charge in [-0.05, 0) is 0 Å². The van der Waals surface area contributed by atoms with E-state index in [9.17, 15) is 237 Å². The first-order valence-electron chi connectivity index (χ1n) is 16.0. The minimum Gasteiger partial charge on any atom is -0.367 e. The summed E-state index contributed by atoms with van der Waals surface area (Å²) in [4.78, 5) is 0. The van der Waals surface area contributed by atoms with Crippen molar-refractivity contribution in [1.29, 1.82) is 0 Å². The zero-order valence-corrected chi connectivity index (χ0v) is 46.1. The number of halogens is 54. The average molecular weight is 1610 g/mol. The molecule has 0 aliphatic carbocycles. The summed E-state index contributed by atoms with van der Waals surface area (Å²) in [6, 6.07) is 0. The van der Waals surface area contributed by atoms with Gasteiger partial charge >= 0.3 is 145 Å². The van der Waals surface area contributed by atoms with Crippen LogP contribution >= 0.6 is 0 Å². The molecule has 0 saturated heterocycles.